The minimum atomic E-state index is -1.01. The molecule has 4 unspecified atom stereocenters. The second kappa shape index (κ2) is 9.57. The largest absolute Gasteiger partial charge is 0.480 e. The molecule has 184 valence electrons. The van der Waals surface area contributed by atoms with Crippen molar-refractivity contribution in [1.29, 1.82) is 0 Å². The molecule has 35 heavy (non-hydrogen) atoms. The highest BCUT2D eigenvalue weighted by Crippen LogP contribution is 2.63. The van der Waals surface area contributed by atoms with Crippen LogP contribution in [-0.4, -0.2) is 53.8 Å². The van der Waals surface area contributed by atoms with Crippen LogP contribution in [-0.2, 0) is 14.3 Å². The molecule has 3 aliphatic carbocycles. The van der Waals surface area contributed by atoms with Crippen LogP contribution in [0.25, 0.3) is 11.1 Å². The van der Waals surface area contributed by atoms with Gasteiger partial charge >= 0.3 is 12.1 Å². The average Bonchev–Trinajstić information content (AvgIpc) is 3.28. The van der Waals surface area contributed by atoms with Crippen molar-refractivity contribution in [1.82, 2.24) is 10.6 Å². The maximum absolute atomic E-state index is 12.9. The first-order valence-corrected chi connectivity index (χ1v) is 13.5. The molecule has 2 fully saturated rings. The number of thioether (sulfide) groups is 1. The number of ether oxygens (including phenoxy) is 1. The monoisotopic (exact) mass is 494 g/mol. The number of aliphatic carboxylic acids is 1. The molecule has 0 spiro atoms. The van der Waals surface area contributed by atoms with Gasteiger partial charge in [-0.15, -0.1) is 0 Å². The minimum Gasteiger partial charge on any atom is -0.480 e. The molecule has 2 aromatic carbocycles. The van der Waals surface area contributed by atoms with Gasteiger partial charge in [0.2, 0.25) is 5.91 Å². The van der Waals surface area contributed by atoms with E-state index in [1.807, 2.05) is 30.5 Å². The van der Waals surface area contributed by atoms with Crippen molar-refractivity contribution in [2.45, 2.75) is 43.7 Å². The van der Waals surface area contributed by atoms with Crippen molar-refractivity contribution in [2.75, 3.05) is 18.6 Å². The lowest BCUT2D eigenvalue weighted by molar-refractivity contribution is -0.142. The van der Waals surface area contributed by atoms with Crippen molar-refractivity contribution < 1.29 is 24.2 Å². The standard InChI is InChI=1S/C27H30N2O5S/c1-35-11-10-23(24(30)31)29-25(32)27-13-16(27)12-17(14-27)28-26(33)34-15-22-20-8-4-2-6-18(20)19-7-3-5-9-21(19)22/h2-9,16-17,22-23H,10-15H2,1H3,(H,28,33)(H,29,32)(H,30,31). The van der Waals surface area contributed by atoms with Gasteiger partial charge in [-0.3, -0.25) is 4.79 Å². The first-order chi connectivity index (χ1) is 16.9. The topological polar surface area (TPSA) is 105 Å². The van der Waals surface area contributed by atoms with E-state index < -0.39 is 23.5 Å². The lowest BCUT2D eigenvalue weighted by Crippen LogP contribution is -2.45. The Labute approximate surface area is 209 Å². The molecule has 3 N–H and O–H groups in total. The number of hydrogen-bond donors (Lipinski definition) is 3. The number of benzene rings is 2. The predicted molar refractivity (Wildman–Crippen MR) is 134 cm³/mol. The highest BCUT2D eigenvalue weighted by molar-refractivity contribution is 7.98. The molecule has 3 aliphatic rings. The van der Waals surface area contributed by atoms with E-state index in [2.05, 4.69) is 34.9 Å². The fourth-order valence-electron chi connectivity index (χ4n) is 5.89. The van der Waals surface area contributed by atoms with Gasteiger partial charge in [0.25, 0.3) is 0 Å². The molecule has 5 rings (SSSR count). The summed E-state index contributed by atoms with van der Waals surface area (Å²) in [5.41, 5.74) is 4.12. The molecule has 0 radical (unpaired) electrons. The maximum atomic E-state index is 12.9. The van der Waals surface area contributed by atoms with Crippen LogP contribution >= 0.6 is 11.8 Å². The molecule has 2 saturated carbocycles. The summed E-state index contributed by atoms with van der Waals surface area (Å²) in [4.78, 5) is 37.1. The van der Waals surface area contributed by atoms with Crippen LogP contribution < -0.4 is 10.6 Å². The lowest BCUT2D eigenvalue weighted by atomic mass is 9.98. The molecule has 7 nitrogen and oxygen atoms in total. The Bertz CT molecular complexity index is 1110. The summed E-state index contributed by atoms with van der Waals surface area (Å²) in [6.45, 7) is 0.247. The van der Waals surface area contributed by atoms with Gasteiger partial charge in [0, 0.05) is 12.0 Å². The second-order valence-corrected chi connectivity index (χ2v) is 10.8. The van der Waals surface area contributed by atoms with E-state index >= 15 is 0 Å². The zero-order valence-electron chi connectivity index (χ0n) is 19.7. The molecule has 8 heteroatoms. The number of rotatable bonds is 9. The number of alkyl carbamates (subject to hydrolysis) is 1. The van der Waals surface area contributed by atoms with Crippen LogP contribution in [0.3, 0.4) is 0 Å². The zero-order valence-corrected chi connectivity index (χ0v) is 20.5. The molecule has 2 aromatic rings. The van der Waals surface area contributed by atoms with Crippen LogP contribution in [0.4, 0.5) is 4.79 Å². The van der Waals surface area contributed by atoms with Gasteiger partial charge in [-0.1, -0.05) is 48.5 Å². The average molecular weight is 495 g/mol. The minimum absolute atomic E-state index is 0.00325. The van der Waals surface area contributed by atoms with E-state index in [0.717, 1.165) is 17.5 Å². The molecule has 0 aromatic heterocycles. The number of nitrogens with one attached hydrogen (secondary N) is 2. The number of carboxylic acids is 1. The Morgan fingerprint density at radius 1 is 1.09 bits per heavy atom. The van der Waals surface area contributed by atoms with E-state index in [1.165, 1.54) is 11.1 Å². The molecule has 0 heterocycles. The number of carbonyl (C=O) groups excluding carboxylic acids is 2. The second-order valence-electron chi connectivity index (χ2n) is 9.81. The number of carbonyl (C=O) groups is 3. The van der Waals surface area contributed by atoms with Gasteiger partial charge in [0.05, 0.1) is 5.41 Å². The molecule has 2 amide bonds. The summed E-state index contributed by atoms with van der Waals surface area (Å²) < 4.78 is 5.65. The van der Waals surface area contributed by atoms with E-state index in [9.17, 15) is 19.5 Å². The SMILES string of the molecule is CSCCC(NC(=O)C12CC(NC(=O)OCC3c4ccccc4-c4ccccc43)CC1C2)C(=O)O. The summed E-state index contributed by atoms with van der Waals surface area (Å²) in [5.74, 6) is -0.368. The summed E-state index contributed by atoms with van der Waals surface area (Å²) in [7, 11) is 0. The highest BCUT2D eigenvalue weighted by Gasteiger charge is 2.65. The molecule has 0 bridgehead atoms. The molecule has 0 aliphatic heterocycles. The lowest BCUT2D eigenvalue weighted by Gasteiger charge is -2.21. The Morgan fingerprint density at radius 2 is 1.74 bits per heavy atom. The Kier molecular flexibility index (Phi) is 6.49. The zero-order chi connectivity index (χ0) is 24.6. The molecular formula is C27H30N2O5S. The number of fused-ring (bicyclic) bond motifs is 4. The first-order valence-electron chi connectivity index (χ1n) is 12.1. The third kappa shape index (κ3) is 4.51. The van der Waals surface area contributed by atoms with E-state index in [4.69, 9.17) is 4.74 Å². The van der Waals surface area contributed by atoms with E-state index in [-0.39, 0.29) is 30.4 Å². The van der Waals surface area contributed by atoms with Gasteiger partial charge in [-0.2, -0.15) is 11.8 Å². The third-order valence-corrected chi connectivity index (χ3v) is 8.39. The van der Waals surface area contributed by atoms with Crippen molar-refractivity contribution in [3.63, 3.8) is 0 Å². The molecular weight excluding hydrogens is 464 g/mol. The van der Waals surface area contributed by atoms with Crippen molar-refractivity contribution in [3.05, 3.63) is 59.7 Å². The Morgan fingerprint density at radius 3 is 2.37 bits per heavy atom. The van der Waals surface area contributed by atoms with Gasteiger partial charge in [-0.05, 0) is 65.9 Å². The molecule has 4 atom stereocenters. The summed E-state index contributed by atoms with van der Waals surface area (Å²) in [5, 5.41) is 15.1. The van der Waals surface area contributed by atoms with Gasteiger partial charge in [-0.25, -0.2) is 9.59 Å². The van der Waals surface area contributed by atoms with Crippen LogP contribution in [0.15, 0.2) is 48.5 Å². The van der Waals surface area contributed by atoms with Gasteiger partial charge in [0.15, 0.2) is 0 Å². The summed E-state index contributed by atoms with van der Waals surface area (Å²) >= 11 is 1.55. The van der Waals surface area contributed by atoms with Crippen LogP contribution in [0.2, 0.25) is 0 Å². The number of amides is 2. The van der Waals surface area contributed by atoms with Crippen molar-refractivity contribution >= 4 is 29.7 Å². The highest BCUT2D eigenvalue weighted by atomic mass is 32.2. The van der Waals surface area contributed by atoms with Crippen LogP contribution in [0, 0.1) is 11.3 Å². The quantitative estimate of drug-likeness (QED) is 0.487. The normalized spacial score (nSPS) is 24.6. The van der Waals surface area contributed by atoms with Crippen molar-refractivity contribution in [2.24, 2.45) is 11.3 Å². The Balaban J connectivity index is 1.15. The first kappa shape index (κ1) is 23.7. The van der Waals surface area contributed by atoms with Crippen LogP contribution in [0.5, 0.6) is 0 Å². The number of hydrogen-bond acceptors (Lipinski definition) is 5. The number of carboxylic acid groups (broad SMARTS) is 1. The smallest absolute Gasteiger partial charge is 0.407 e. The fourth-order valence-corrected chi connectivity index (χ4v) is 6.36. The predicted octanol–water partition coefficient (Wildman–Crippen LogP) is 4.02. The van der Waals surface area contributed by atoms with Gasteiger partial charge < -0.3 is 20.5 Å². The van der Waals surface area contributed by atoms with E-state index in [1.54, 1.807) is 11.8 Å². The van der Waals surface area contributed by atoms with Crippen LogP contribution in [0.1, 0.15) is 42.7 Å². The van der Waals surface area contributed by atoms with Crippen molar-refractivity contribution in [3.8, 4) is 11.1 Å². The fraction of sp³-hybridized carbons (Fsp3) is 0.444. The summed E-state index contributed by atoms with van der Waals surface area (Å²) in [6, 6.07) is 15.4. The Hall–Kier alpha value is -3.00. The molecule has 0 saturated heterocycles. The third-order valence-electron chi connectivity index (χ3n) is 7.74. The van der Waals surface area contributed by atoms with E-state index in [0.29, 0.717) is 25.0 Å². The van der Waals surface area contributed by atoms with Gasteiger partial charge in [0.1, 0.15) is 12.6 Å². The summed E-state index contributed by atoms with van der Waals surface area (Å²) in [6.07, 6.45) is 3.80. The maximum Gasteiger partial charge on any atom is 0.407 e.